The summed E-state index contributed by atoms with van der Waals surface area (Å²) in [5, 5.41) is 19.6. The number of aliphatic hydroxyl groups is 1. The van der Waals surface area contributed by atoms with Crippen molar-refractivity contribution < 1.29 is 19.7 Å². The standard InChI is InChI=1S/C22H25NO4/c24-20-13-16-5-1-3-7-18(16)22(20)9-11-23(12-10-22)14-17-6-2-4-8-19(17)27-15-21(25)26/h1-8,20,24H,9-15H2,(H,25,26). The topological polar surface area (TPSA) is 70.0 Å². The molecule has 142 valence electrons. The molecule has 4 rings (SSSR count). The van der Waals surface area contributed by atoms with E-state index in [1.807, 2.05) is 30.3 Å². The van der Waals surface area contributed by atoms with Gasteiger partial charge in [0.2, 0.25) is 0 Å². The molecule has 1 aliphatic heterocycles. The summed E-state index contributed by atoms with van der Waals surface area (Å²) in [5.41, 5.74) is 3.49. The summed E-state index contributed by atoms with van der Waals surface area (Å²) in [5.74, 6) is -0.343. The Morgan fingerprint density at radius 3 is 2.59 bits per heavy atom. The van der Waals surface area contributed by atoms with Gasteiger partial charge in [0, 0.05) is 17.5 Å². The number of hydrogen-bond acceptors (Lipinski definition) is 4. The molecule has 0 saturated carbocycles. The molecule has 0 bridgehead atoms. The second kappa shape index (κ2) is 7.33. The van der Waals surface area contributed by atoms with Crippen molar-refractivity contribution in [3.8, 4) is 5.75 Å². The molecule has 2 aromatic rings. The number of benzene rings is 2. The average Bonchev–Trinajstić information content (AvgIpc) is 2.94. The maximum absolute atomic E-state index is 10.8. The van der Waals surface area contributed by atoms with E-state index in [4.69, 9.17) is 9.84 Å². The van der Waals surface area contributed by atoms with Crippen LogP contribution in [0.4, 0.5) is 0 Å². The zero-order chi connectivity index (χ0) is 18.9. The molecule has 0 amide bonds. The van der Waals surface area contributed by atoms with Crippen molar-refractivity contribution in [2.45, 2.75) is 37.3 Å². The predicted octanol–water partition coefficient (Wildman–Crippen LogP) is 2.60. The van der Waals surface area contributed by atoms with Crippen LogP contribution in [0.3, 0.4) is 0 Å². The van der Waals surface area contributed by atoms with Crippen molar-refractivity contribution in [2.24, 2.45) is 0 Å². The summed E-state index contributed by atoms with van der Waals surface area (Å²) < 4.78 is 5.43. The molecule has 1 aliphatic carbocycles. The number of piperidine rings is 1. The second-order valence-electron chi connectivity index (χ2n) is 7.60. The summed E-state index contributed by atoms with van der Waals surface area (Å²) in [4.78, 5) is 13.2. The smallest absolute Gasteiger partial charge is 0.341 e. The second-order valence-corrected chi connectivity index (χ2v) is 7.60. The van der Waals surface area contributed by atoms with Crippen LogP contribution in [0.2, 0.25) is 0 Å². The van der Waals surface area contributed by atoms with E-state index in [-0.39, 0.29) is 18.1 Å². The van der Waals surface area contributed by atoms with Gasteiger partial charge in [-0.15, -0.1) is 0 Å². The van der Waals surface area contributed by atoms with E-state index in [0.29, 0.717) is 5.75 Å². The van der Waals surface area contributed by atoms with E-state index < -0.39 is 5.97 Å². The molecule has 0 radical (unpaired) electrons. The Morgan fingerprint density at radius 2 is 1.81 bits per heavy atom. The Morgan fingerprint density at radius 1 is 1.11 bits per heavy atom. The number of aliphatic hydroxyl groups excluding tert-OH is 1. The number of nitrogens with zero attached hydrogens (tertiary/aromatic N) is 1. The molecular weight excluding hydrogens is 342 g/mol. The Balaban J connectivity index is 1.45. The lowest BCUT2D eigenvalue weighted by Gasteiger charge is -2.42. The van der Waals surface area contributed by atoms with Gasteiger partial charge in [0.15, 0.2) is 6.61 Å². The average molecular weight is 367 g/mol. The molecule has 5 heteroatoms. The lowest BCUT2D eigenvalue weighted by Crippen LogP contribution is -2.47. The van der Waals surface area contributed by atoms with Crippen LogP contribution in [0.5, 0.6) is 5.75 Å². The number of para-hydroxylation sites is 1. The van der Waals surface area contributed by atoms with Crippen LogP contribution in [0.1, 0.15) is 29.5 Å². The van der Waals surface area contributed by atoms with Gasteiger partial charge < -0.3 is 14.9 Å². The molecule has 5 nitrogen and oxygen atoms in total. The number of aliphatic carboxylic acids is 1. The van der Waals surface area contributed by atoms with Gasteiger partial charge in [-0.05, 0) is 49.5 Å². The van der Waals surface area contributed by atoms with E-state index in [9.17, 15) is 9.90 Å². The fourth-order valence-corrected chi connectivity index (χ4v) is 4.64. The van der Waals surface area contributed by atoms with Gasteiger partial charge in [0.05, 0.1) is 6.10 Å². The Kier molecular flexibility index (Phi) is 4.89. The van der Waals surface area contributed by atoms with Crippen LogP contribution in [0.25, 0.3) is 0 Å². The van der Waals surface area contributed by atoms with Crippen molar-refractivity contribution >= 4 is 5.97 Å². The Labute approximate surface area is 159 Å². The SMILES string of the molecule is O=C(O)COc1ccccc1CN1CCC2(CC1)c1ccccc1CC2O. The summed E-state index contributed by atoms with van der Waals surface area (Å²) in [7, 11) is 0. The van der Waals surface area contributed by atoms with Crippen molar-refractivity contribution in [3.63, 3.8) is 0 Å². The predicted molar refractivity (Wildman–Crippen MR) is 102 cm³/mol. The van der Waals surface area contributed by atoms with Gasteiger partial charge in [-0.25, -0.2) is 4.79 Å². The first-order valence-electron chi connectivity index (χ1n) is 9.50. The third-order valence-corrected chi connectivity index (χ3v) is 6.07. The van der Waals surface area contributed by atoms with Crippen molar-refractivity contribution in [1.29, 1.82) is 0 Å². The van der Waals surface area contributed by atoms with E-state index in [1.54, 1.807) is 0 Å². The molecule has 2 N–H and O–H groups in total. The van der Waals surface area contributed by atoms with Crippen LogP contribution in [-0.2, 0) is 23.2 Å². The van der Waals surface area contributed by atoms with E-state index in [2.05, 4.69) is 23.1 Å². The molecule has 1 heterocycles. The van der Waals surface area contributed by atoms with Gasteiger partial charge >= 0.3 is 5.97 Å². The first-order chi connectivity index (χ1) is 13.1. The highest BCUT2D eigenvalue weighted by Gasteiger charge is 2.47. The van der Waals surface area contributed by atoms with Crippen molar-refractivity contribution in [2.75, 3.05) is 19.7 Å². The van der Waals surface area contributed by atoms with Gasteiger partial charge in [-0.2, -0.15) is 0 Å². The first kappa shape index (κ1) is 18.0. The van der Waals surface area contributed by atoms with Crippen LogP contribution >= 0.6 is 0 Å². The lowest BCUT2D eigenvalue weighted by molar-refractivity contribution is -0.139. The number of hydrogen-bond donors (Lipinski definition) is 2. The highest BCUT2D eigenvalue weighted by molar-refractivity contribution is 5.68. The Hall–Kier alpha value is -2.37. The summed E-state index contributed by atoms with van der Waals surface area (Å²) in [6, 6.07) is 16.0. The summed E-state index contributed by atoms with van der Waals surface area (Å²) in [6.07, 6.45) is 2.32. The maximum atomic E-state index is 10.8. The molecule has 1 fully saturated rings. The van der Waals surface area contributed by atoms with Crippen molar-refractivity contribution in [3.05, 3.63) is 65.2 Å². The fourth-order valence-electron chi connectivity index (χ4n) is 4.64. The highest BCUT2D eigenvalue weighted by Crippen LogP contribution is 2.46. The summed E-state index contributed by atoms with van der Waals surface area (Å²) in [6.45, 7) is 2.20. The van der Waals surface area contributed by atoms with Crippen LogP contribution in [0, 0.1) is 0 Å². The van der Waals surface area contributed by atoms with Gasteiger partial charge in [0.1, 0.15) is 5.75 Å². The van der Waals surface area contributed by atoms with Crippen LogP contribution in [-0.4, -0.2) is 46.9 Å². The number of likely N-dealkylation sites (tertiary alicyclic amines) is 1. The zero-order valence-corrected chi connectivity index (χ0v) is 15.3. The van der Waals surface area contributed by atoms with Crippen LogP contribution in [0.15, 0.2) is 48.5 Å². The number of carboxylic acid groups (broad SMARTS) is 1. The number of carboxylic acids is 1. The van der Waals surface area contributed by atoms with Gasteiger partial charge in [-0.3, -0.25) is 4.90 Å². The summed E-state index contributed by atoms with van der Waals surface area (Å²) >= 11 is 0. The molecule has 2 aliphatic rings. The van der Waals surface area contributed by atoms with E-state index in [0.717, 1.165) is 44.5 Å². The Bertz CT molecular complexity index is 827. The zero-order valence-electron chi connectivity index (χ0n) is 15.3. The minimum absolute atomic E-state index is 0.119. The number of rotatable bonds is 5. The monoisotopic (exact) mass is 367 g/mol. The first-order valence-corrected chi connectivity index (χ1v) is 9.50. The maximum Gasteiger partial charge on any atom is 0.341 e. The molecule has 2 aromatic carbocycles. The minimum atomic E-state index is -0.974. The molecular formula is C22H25NO4. The van der Waals surface area contributed by atoms with Crippen LogP contribution < -0.4 is 4.74 Å². The number of fused-ring (bicyclic) bond motifs is 2. The van der Waals surface area contributed by atoms with E-state index in [1.165, 1.54) is 11.1 Å². The highest BCUT2D eigenvalue weighted by atomic mass is 16.5. The molecule has 0 aromatic heterocycles. The van der Waals surface area contributed by atoms with Crippen molar-refractivity contribution in [1.82, 2.24) is 4.90 Å². The molecule has 27 heavy (non-hydrogen) atoms. The van der Waals surface area contributed by atoms with Gasteiger partial charge in [-0.1, -0.05) is 42.5 Å². The largest absolute Gasteiger partial charge is 0.482 e. The molecule has 1 saturated heterocycles. The fraction of sp³-hybridized carbons (Fsp3) is 0.409. The molecule has 1 unspecified atom stereocenters. The number of ether oxygens (including phenoxy) is 1. The quantitative estimate of drug-likeness (QED) is 0.850. The number of carbonyl (C=O) groups is 1. The third-order valence-electron chi connectivity index (χ3n) is 6.07. The molecule has 1 atom stereocenters. The normalized spacial score (nSPS) is 21.1. The third kappa shape index (κ3) is 3.45. The van der Waals surface area contributed by atoms with E-state index >= 15 is 0 Å². The lowest BCUT2D eigenvalue weighted by atomic mass is 9.72. The minimum Gasteiger partial charge on any atom is -0.482 e. The molecule has 1 spiro atoms. The van der Waals surface area contributed by atoms with Gasteiger partial charge in [0.25, 0.3) is 0 Å².